The Morgan fingerprint density at radius 3 is 2.55 bits per heavy atom. The summed E-state index contributed by atoms with van der Waals surface area (Å²) in [6.45, 7) is 1.23. The van der Waals surface area contributed by atoms with Gasteiger partial charge >= 0.3 is 5.97 Å². The molecule has 1 aliphatic heterocycles. The van der Waals surface area contributed by atoms with E-state index in [2.05, 4.69) is 15.0 Å². The van der Waals surface area contributed by atoms with Gasteiger partial charge in [0.15, 0.2) is 5.69 Å². The Labute approximate surface area is 179 Å². The Morgan fingerprint density at radius 2 is 1.84 bits per heavy atom. The maximum Gasteiger partial charge on any atom is 0.321 e. The highest BCUT2D eigenvalue weighted by molar-refractivity contribution is 7.89. The predicted molar refractivity (Wildman–Crippen MR) is 112 cm³/mol. The van der Waals surface area contributed by atoms with E-state index in [9.17, 15) is 18.0 Å². The molecule has 0 saturated heterocycles. The van der Waals surface area contributed by atoms with Crippen LogP contribution >= 0.6 is 0 Å². The highest BCUT2D eigenvalue weighted by Crippen LogP contribution is 2.31. The first-order chi connectivity index (χ1) is 14.8. The SMILES string of the molecule is COC(=O)CN1Cc2c(C(=O)Nc3ccc(C)cc3)ncn2-c2ccccc2S1(=O)=O. The van der Waals surface area contributed by atoms with Crippen molar-refractivity contribution in [2.75, 3.05) is 19.0 Å². The Balaban J connectivity index is 1.79. The molecule has 0 unspecified atom stereocenters. The largest absolute Gasteiger partial charge is 0.468 e. The van der Waals surface area contributed by atoms with Crippen molar-refractivity contribution in [3.05, 3.63) is 71.8 Å². The first-order valence-electron chi connectivity index (χ1n) is 9.42. The third-order valence-corrected chi connectivity index (χ3v) is 6.83. The lowest BCUT2D eigenvalue weighted by atomic mass is 10.2. The molecule has 160 valence electrons. The normalized spacial score (nSPS) is 14.8. The molecule has 9 nitrogen and oxygen atoms in total. The molecule has 10 heteroatoms. The number of aromatic nitrogens is 2. The van der Waals surface area contributed by atoms with Gasteiger partial charge in [0.2, 0.25) is 10.0 Å². The summed E-state index contributed by atoms with van der Waals surface area (Å²) >= 11 is 0. The zero-order valence-electron chi connectivity index (χ0n) is 16.9. The van der Waals surface area contributed by atoms with Gasteiger partial charge in [-0.2, -0.15) is 4.31 Å². The van der Waals surface area contributed by atoms with Crippen molar-refractivity contribution in [2.24, 2.45) is 0 Å². The molecule has 1 N–H and O–H groups in total. The van der Waals surface area contributed by atoms with Gasteiger partial charge in [-0.05, 0) is 31.2 Å². The first-order valence-corrected chi connectivity index (χ1v) is 10.9. The summed E-state index contributed by atoms with van der Waals surface area (Å²) < 4.78 is 33.7. The Hall–Kier alpha value is -3.50. The van der Waals surface area contributed by atoms with Crippen LogP contribution in [0, 0.1) is 6.92 Å². The second kappa shape index (κ2) is 7.97. The van der Waals surface area contributed by atoms with Gasteiger partial charge in [0.05, 0.1) is 25.0 Å². The number of hydrogen-bond acceptors (Lipinski definition) is 6. The zero-order chi connectivity index (χ0) is 22.2. The maximum absolute atomic E-state index is 13.2. The summed E-state index contributed by atoms with van der Waals surface area (Å²) in [5.41, 5.74) is 2.41. The van der Waals surface area contributed by atoms with E-state index in [0.717, 1.165) is 9.87 Å². The number of hydrogen-bond donors (Lipinski definition) is 1. The second-order valence-corrected chi connectivity index (χ2v) is 8.95. The number of carbonyl (C=O) groups is 2. The second-order valence-electron chi connectivity index (χ2n) is 7.05. The predicted octanol–water partition coefficient (Wildman–Crippen LogP) is 2.11. The number of aryl methyl sites for hydroxylation is 1. The van der Waals surface area contributed by atoms with E-state index in [-0.39, 0.29) is 17.1 Å². The summed E-state index contributed by atoms with van der Waals surface area (Å²) in [7, 11) is -2.83. The van der Waals surface area contributed by atoms with Gasteiger partial charge in [0.1, 0.15) is 17.8 Å². The fourth-order valence-electron chi connectivity index (χ4n) is 3.36. The van der Waals surface area contributed by atoms with Gasteiger partial charge in [-0.15, -0.1) is 0 Å². The van der Waals surface area contributed by atoms with Gasteiger partial charge in [-0.3, -0.25) is 14.2 Å². The van der Waals surface area contributed by atoms with Crippen LogP contribution in [-0.2, 0) is 26.1 Å². The number of esters is 1. The quantitative estimate of drug-likeness (QED) is 0.622. The van der Waals surface area contributed by atoms with Crippen LogP contribution in [0.1, 0.15) is 21.7 Å². The number of rotatable bonds is 4. The highest BCUT2D eigenvalue weighted by atomic mass is 32.2. The molecule has 0 aliphatic carbocycles. The van der Waals surface area contributed by atoms with Crippen molar-refractivity contribution in [1.29, 1.82) is 0 Å². The lowest BCUT2D eigenvalue weighted by Crippen LogP contribution is -2.35. The minimum Gasteiger partial charge on any atom is -0.468 e. The summed E-state index contributed by atoms with van der Waals surface area (Å²) in [6.07, 6.45) is 1.41. The molecule has 0 spiro atoms. The molecular formula is C21H20N4O5S. The minimum atomic E-state index is -4.02. The molecule has 2 heterocycles. The number of nitrogens with zero attached hydrogens (tertiary/aromatic N) is 3. The lowest BCUT2D eigenvalue weighted by Gasteiger charge is -2.19. The number of amides is 1. The van der Waals surface area contributed by atoms with Crippen LogP contribution in [-0.4, -0.2) is 47.8 Å². The molecular weight excluding hydrogens is 420 g/mol. The Kier molecular flexibility index (Phi) is 5.34. The number of methoxy groups -OCH3 is 1. The maximum atomic E-state index is 13.2. The van der Waals surface area contributed by atoms with Crippen LogP contribution in [0.4, 0.5) is 5.69 Å². The number of benzene rings is 2. The standard InChI is InChI=1S/C21H20N4O5S/c1-14-7-9-15(10-8-14)23-21(27)20-17-11-24(12-19(26)30-2)31(28,29)18-6-4-3-5-16(18)25(17)13-22-20/h3-10,13H,11-12H2,1-2H3,(H,23,27). The van der Waals surface area contributed by atoms with Crippen LogP contribution in [0.25, 0.3) is 5.69 Å². The van der Waals surface area contributed by atoms with Crippen molar-refractivity contribution in [1.82, 2.24) is 13.9 Å². The van der Waals surface area contributed by atoms with Gasteiger partial charge in [-0.25, -0.2) is 13.4 Å². The van der Waals surface area contributed by atoms with Crippen LogP contribution in [0.15, 0.2) is 59.8 Å². The van der Waals surface area contributed by atoms with Crippen LogP contribution < -0.4 is 5.32 Å². The molecule has 1 aliphatic rings. The zero-order valence-corrected chi connectivity index (χ0v) is 17.7. The Morgan fingerprint density at radius 1 is 1.13 bits per heavy atom. The van der Waals surface area contributed by atoms with E-state index in [4.69, 9.17) is 0 Å². The molecule has 0 atom stereocenters. The van der Waals surface area contributed by atoms with Crippen molar-refractivity contribution in [3.8, 4) is 5.69 Å². The van der Waals surface area contributed by atoms with E-state index in [1.165, 1.54) is 19.5 Å². The number of fused-ring (bicyclic) bond motifs is 3. The molecule has 0 fully saturated rings. The van der Waals surface area contributed by atoms with Gasteiger partial charge in [-0.1, -0.05) is 29.8 Å². The van der Waals surface area contributed by atoms with Gasteiger partial charge < -0.3 is 10.1 Å². The fraction of sp³-hybridized carbons (Fsp3) is 0.190. The topological polar surface area (TPSA) is 111 Å². The smallest absolute Gasteiger partial charge is 0.321 e. The number of anilines is 1. The van der Waals surface area contributed by atoms with Crippen molar-refractivity contribution >= 4 is 27.6 Å². The fourth-order valence-corrected chi connectivity index (χ4v) is 4.89. The van der Waals surface area contributed by atoms with Crippen LogP contribution in [0.2, 0.25) is 0 Å². The molecule has 1 amide bonds. The first kappa shape index (κ1) is 20.8. The Bertz CT molecular complexity index is 1270. The average molecular weight is 440 g/mol. The number of imidazole rings is 1. The molecule has 0 saturated carbocycles. The van der Waals surface area contributed by atoms with Crippen molar-refractivity contribution < 1.29 is 22.7 Å². The summed E-state index contributed by atoms with van der Waals surface area (Å²) in [6, 6.07) is 13.6. The van der Waals surface area contributed by atoms with Crippen molar-refractivity contribution in [3.63, 3.8) is 0 Å². The monoisotopic (exact) mass is 440 g/mol. The van der Waals surface area contributed by atoms with E-state index in [1.54, 1.807) is 34.9 Å². The highest BCUT2D eigenvalue weighted by Gasteiger charge is 2.36. The third kappa shape index (κ3) is 3.82. The number of nitrogens with one attached hydrogen (secondary N) is 1. The number of sulfonamides is 1. The number of para-hydroxylation sites is 1. The van der Waals surface area contributed by atoms with E-state index in [0.29, 0.717) is 17.1 Å². The van der Waals surface area contributed by atoms with Gasteiger partial charge in [0, 0.05) is 5.69 Å². The van der Waals surface area contributed by atoms with E-state index >= 15 is 0 Å². The van der Waals surface area contributed by atoms with Crippen molar-refractivity contribution in [2.45, 2.75) is 18.4 Å². The summed E-state index contributed by atoms with van der Waals surface area (Å²) in [5.74, 6) is -1.19. The molecule has 2 aromatic carbocycles. The molecule has 3 aromatic rings. The molecule has 0 bridgehead atoms. The van der Waals surface area contributed by atoms with E-state index < -0.39 is 28.4 Å². The van der Waals surface area contributed by atoms with Crippen LogP contribution in [0.5, 0.6) is 0 Å². The minimum absolute atomic E-state index is 0.0144. The molecule has 31 heavy (non-hydrogen) atoms. The average Bonchev–Trinajstić information content (AvgIpc) is 3.15. The lowest BCUT2D eigenvalue weighted by molar-refractivity contribution is -0.140. The van der Waals surface area contributed by atoms with Gasteiger partial charge in [0.25, 0.3) is 5.91 Å². The number of ether oxygens (including phenoxy) is 1. The van der Waals surface area contributed by atoms with E-state index in [1.807, 2.05) is 19.1 Å². The third-order valence-electron chi connectivity index (χ3n) is 4.99. The molecule has 4 rings (SSSR count). The molecule has 1 aromatic heterocycles. The summed E-state index contributed by atoms with van der Waals surface area (Å²) in [4.78, 5) is 29.1. The summed E-state index contributed by atoms with van der Waals surface area (Å²) in [5, 5.41) is 2.78. The van der Waals surface area contributed by atoms with Crippen LogP contribution in [0.3, 0.4) is 0 Å². The molecule has 0 radical (unpaired) electrons. The number of carbonyl (C=O) groups excluding carboxylic acids is 2.